The first-order valence-corrected chi connectivity index (χ1v) is 7.45. The van der Waals surface area contributed by atoms with Crippen LogP contribution in [0.1, 0.15) is 12.5 Å². The summed E-state index contributed by atoms with van der Waals surface area (Å²) < 4.78 is 2.05. The molecule has 0 atom stereocenters. The molecule has 1 aliphatic rings. The number of nitrogens with one attached hydrogen (secondary N) is 1. The van der Waals surface area contributed by atoms with Gasteiger partial charge in [0.1, 0.15) is 6.33 Å². The molecule has 1 aromatic carbocycles. The molecule has 0 aliphatic carbocycles. The Kier molecular flexibility index (Phi) is 2.96. The van der Waals surface area contributed by atoms with E-state index in [-0.39, 0.29) is 0 Å². The van der Waals surface area contributed by atoms with E-state index >= 15 is 0 Å². The van der Waals surface area contributed by atoms with Crippen molar-refractivity contribution in [1.29, 1.82) is 0 Å². The predicted molar refractivity (Wildman–Crippen MR) is 82.7 cm³/mol. The summed E-state index contributed by atoms with van der Waals surface area (Å²) in [4.78, 5) is 7.13. The third kappa shape index (κ3) is 2.03. The average Bonchev–Trinajstić information content (AvgIpc) is 3.04. The zero-order valence-electron chi connectivity index (χ0n) is 12.1. The summed E-state index contributed by atoms with van der Waals surface area (Å²) >= 11 is 0. The molecule has 6 heteroatoms. The van der Waals surface area contributed by atoms with Crippen molar-refractivity contribution in [3.63, 3.8) is 0 Å². The molecule has 0 radical (unpaired) electrons. The largest absolute Gasteiger partial charge is 0.351 e. The molecule has 0 unspecified atom stereocenters. The molecular weight excluding hydrogens is 264 g/mol. The van der Waals surface area contributed by atoms with Crippen LogP contribution in [0.25, 0.3) is 16.7 Å². The number of hydrogen-bond acceptors (Lipinski definition) is 5. The molecule has 1 N–H and O–H groups in total. The maximum absolute atomic E-state index is 4.85. The Morgan fingerprint density at radius 3 is 2.90 bits per heavy atom. The fraction of sp³-hybridized carbons (Fsp3) is 0.400. The van der Waals surface area contributed by atoms with Crippen LogP contribution >= 0.6 is 0 Å². The smallest absolute Gasteiger partial charge is 0.204 e. The van der Waals surface area contributed by atoms with E-state index in [4.69, 9.17) is 4.98 Å². The molecule has 21 heavy (non-hydrogen) atoms. The van der Waals surface area contributed by atoms with E-state index in [1.807, 2.05) is 0 Å². The Morgan fingerprint density at radius 1 is 1.24 bits per heavy atom. The molecule has 2 aromatic heterocycles. The summed E-state index contributed by atoms with van der Waals surface area (Å²) in [5, 5.41) is 11.7. The van der Waals surface area contributed by atoms with Crippen molar-refractivity contribution in [2.24, 2.45) is 0 Å². The van der Waals surface area contributed by atoms with Crippen LogP contribution in [0.15, 0.2) is 24.5 Å². The summed E-state index contributed by atoms with van der Waals surface area (Å²) in [7, 11) is 0. The molecule has 1 aliphatic heterocycles. The minimum Gasteiger partial charge on any atom is -0.351 e. The molecule has 4 rings (SSSR count). The minimum atomic E-state index is 0.845. The number of fused-ring (bicyclic) bond motifs is 3. The maximum atomic E-state index is 4.85. The van der Waals surface area contributed by atoms with Gasteiger partial charge in [0.2, 0.25) is 5.65 Å². The van der Waals surface area contributed by atoms with E-state index < -0.39 is 0 Å². The molecule has 6 nitrogen and oxygen atoms in total. The van der Waals surface area contributed by atoms with Gasteiger partial charge in [-0.25, -0.2) is 4.98 Å². The molecule has 3 aromatic rings. The number of aryl methyl sites for hydroxylation is 1. The van der Waals surface area contributed by atoms with Crippen LogP contribution < -0.4 is 10.2 Å². The normalized spacial score (nSPS) is 16.0. The lowest BCUT2D eigenvalue weighted by molar-refractivity contribution is 0.586. The molecule has 1 fully saturated rings. The van der Waals surface area contributed by atoms with Gasteiger partial charge in [0.25, 0.3) is 0 Å². The van der Waals surface area contributed by atoms with Gasteiger partial charge in [-0.15, -0.1) is 10.2 Å². The summed E-state index contributed by atoms with van der Waals surface area (Å²) in [6.45, 7) is 6.03. The van der Waals surface area contributed by atoms with Crippen molar-refractivity contribution >= 4 is 22.5 Å². The zero-order valence-corrected chi connectivity index (χ0v) is 12.1. The van der Waals surface area contributed by atoms with Gasteiger partial charge < -0.3 is 10.2 Å². The minimum absolute atomic E-state index is 0.845. The van der Waals surface area contributed by atoms with Gasteiger partial charge in [-0.05, 0) is 24.1 Å². The highest BCUT2D eigenvalue weighted by Gasteiger charge is 2.18. The number of hydrogen-bond donors (Lipinski definition) is 1. The summed E-state index contributed by atoms with van der Waals surface area (Å²) in [5.74, 6) is 0.936. The Labute approximate surface area is 122 Å². The van der Waals surface area contributed by atoms with Crippen LogP contribution in [0, 0.1) is 0 Å². The molecule has 108 valence electrons. The molecule has 3 heterocycles. The highest BCUT2D eigenvalue weighted by atomic mass is 15.3. The predicted octanol–water partition coefficient (Wildman–Crippen LogP) is 1.25. The van der Waals surface area contributed by atoms with Crippen LogP contribution in [0.5, 0.6) is 0 Å². The van der Waals surface area contributed by atoms with Crippen LogP contribution in [-0.4, -0.2) is 45.8 Å². The number of benzene rings is 1. The third-order valence-electron chi connectivity index (χ3n) is 4.10. The Hall–Kier alpha value is -2.21. The second-order valence-electron chi connectivity index (χ2n) is 5.37. The maximum Gasteiger partial charge on any atom is 0.204 e. The monoisotopic (exact) mass is 282 g/mol. The second kappa shape index (κ2) is 4.96. The zero-order chi connectivity index (χ0) is 14.2. The molecule has 1 saturated heterocycles. The number of anilines is 1. The average molecular weight is 282 g/mol. The summed E-state index contributed by atoms with van der Waals surface area (Å²) in [6, 6.07) is 6.42. The van der Waals surface area contributed by atoms with Crippen molar-refractivity contribution in [1.82, 2.24) is 24.9 Å². The van der Waals surface area contributed by atoms with E-state index in [2.05, 4.69) is 49.9 Å². The van der Waals surface area contributed by atoms with E-state index in [0.29, 0.717) is 0 Å². The number of aromatic nitrogens is 4. The molecular formula is C15H18N6. The second-order valence-corrected chi connectivity index (χ2v) is 5.37. The van der Waals surface area contributed by atoms with Crippen LogP contribution in [0.2, 0.25) is 0 Å². The van der Waals surface area contributed by atoms with Gasteiger partial charge in [0, 0.05) is 26.2 Å². The lowest BCUT2D eigenvalue weighted by atomic mass is 10.1. The SMILES string of the molecule is CCc1ccc2nc(N3CCNCC3)c3nncn3c2c1. The summed E-state index contributed by atoms with van der Waals surface area (Å²) in [6.07, 6.45) is 2.80. The van der Waals surface area contributed by atoms with Crippen LogP contribution in [0.3, 0.4) is 0 Å². The number of nitrogens with zero attached hydrogens (tertiary/aromatic N) is 5. The quantitative estimate of drug-likeness (QED) is 0.766. The van der Waals surface area contributed by atoms with Crippen LogP contribution in [-0.2, 0) is 6.42 Å². The van der Waals surface area contributed by atoms with E-state index in [1.165, 1.54) is 5.56 Å². The van der Waals surface area contributed by atoms with E-state index in [0.717, 1.165) is 55.1 Å². The van der Waals surface area contributed by atoms with Crippen molar-refractivity contribution < 1.29 is 0 Å². The van der Waals surface area contributed by atoms with E-state index in [1.54, 1.807) is 6.33 Å². The van der Waals surface area contributed by atoms with Crippen molar-refractivity contribution in [3.05, 3.63) is 30.1 Å². The lowest BCUT2D eigenvalue weighted by Crippen LogP contribution is -2.44. The Bertz CT molecular complexity index is 787. The highest BCUT2D eigenvalue weighted by molar-refractivity contribution is 5.83. The van der Waals surface area contributed by atoms with Gasteiger partial charge in [0.15, 0.2) is 5.82 Å². The van der Waals surface area contributed by atoms with Gasteiger partial charge in [-0.3, -0.25) is 4.40 Å². The standard InChI is InChI=1S/C15H18N6/c1-2-11-3-4-12-13(9-11)21-10-17-19-15(21)14(18-12)20-7-5-16-6-8-20/h3-4,9-10,16H,2,5-8H2,1H3. The molecule has 0 spiro atoms. The third-order valence-corrected chi connectivity index (χ3v) is 4.10. The lowest BCUT2D eigenvalue weighted by Gasteiger charge is -2.28. The Balaban J connectivity index is 1.95. The van der Waals surface area contributed by atoms with Crippen molar-refractivity contribution in [2.75, 3.05) is 31.1 Å². The molecule has 0 saturated carbocycles. The number of rotatable bonds is 2. The van der Waals surface area contributed by atoms with Gasteiger partial charge in [0.05, 0.1) is 11.0 Å². The van der Waals surface area contributed by atoms with Gasteiger partial charge in [-0.1, -0.05) is 13.0 Å². The van der Waals surface area contributed by atoms with Gasteiger partial charge in [-0.2, -0.15) is 0 Å². The fourth-order valence-electron chi connectivity index (χ4n) is 2.89. The fourth-order valence-corrected chi connectivity index (χ4v) is 2.89. The number of piperazine rings is 1. The first kappa shape index (κ1) is 12.5. The summed E-state index contributed by atoms with van der Waals surface area (Å²) in [5.41, 5.74) is 4.22. The topological polar surface area (TPSA) is 58.4 Å². The molecule has 0 amide bonds. The van der Waals surface area contributed by atoms with E-state index in [9.17, 15) is 0 Å². The van der Waals surface area contributed by atoms with Gasteiger partial charge >= 0.3 is 0 Å². The van der Waals surface area contributed by atoms with Crippen molar-refractivity contribution in [3.8, 4) is 0 Å². The van der Waals surface area contributed by atoms with Crippen LogP contribution in [0.4, 0.5) is 5.82 Å². The highest BCUT2D eigenvalue weighted by Crippen LogP contribution is 2.24. The molecule has 0 bridgehead atoms. The first-order chi connectivity index (χ1) is 10.4. The Morgan fingerprint density at radius 2 is 2.10 bits per heavy atom. The first-order valence-electron chi connectivity index (χ1n) is 7.45. The van der Waals surface area contributed by atoms with Crippen molar-refractivity contribution in [2.45, 2.75) is 13.3 Å².